The molecule has 1 aromatic rings. The molecule has 0 radical (unpaired) electrons. The lowest BCUT2D eigenvalue weighted by atomic mass is 10.0. The zero-order valence-corrected chi connectivity index (χ0v) is 11.1. The van der Waals surface area contributed by atoms with Crippen molar-refractivity contribution in [3.63, 3.8) is 0 Å². The summed E-state index contributed by atoms with van der Waals surface area (Å²) in [5.41, 5.74) is -0.319. The van der Waals surface area contributed by atoms with Gasteiger partial charge in [-0.05, 0) is 19.9 Å². The predicted molar refractivity (Wildman–Crippen MR) is 65.3 cm³/mol. The Morgan fingerprint density at radius 2 is 2.12 bits per heavy atom. The van der Waals surface area contributed by atoms with E-state index in [0.29, 0.717) is 0 Å². The summed E-state index contributed by atoms with van der Waals surface area (Å²) in [5, 5.41) is 0. The van der Waals surface area contributed by atoms with Crippen LogP contribution in [0.15, 0.2) is 18.2 Å². The molecule has 1 rings (SSSR count). The van der Waals surface area contributed by atoms with Crippen LogP contribution in [0.1, 0.15) is 36.2 Å². The van der Waals surface area contributed by atoms with Crippen LogP contribution in [0.25, 0.3) is 0 Å². The normalized spacial score (nSPS) is 12.6. The van der Waals surface area contributed by atoms with Crippen LogP contribution in [-0.4, -0.2) is 17.2 Å². The van der Waals surface area contributed by atoms with Gasteiger partial charge in [-0.3, -0.25) is 4.79 Å². The van der Waals surface area contributed by atoms with E-state index in [-0.39, 0.29) is 29.3 Å². The van der Waals surface area contributed by atoms with Crippen molar-refractivity contribution in [3.8, 4) is 5.75 Å². The summed E-state index contributed by atoms with van der Waals surface area (Å²) in [6, 6.07) is 4.38. The van der Waals surface area contributed by atoms with E-state index in [2.05, 4.69) is 15.9 Å². The maximum absolute atomic E-state index is 13.0. The number of rotatable bonds is 5. The van der Waals surface area contributed by atoms with Crippen molar-refractivity contribution in [2.45, 2.75) is 25.1 Å². The maximum Gasteiger partial charge on any atom is 0.268 e. The first-order valence-corrected chi connectivity index (χ1v) is 6.12. The highest BCUT2D eigenvalue weighted by Crippen LogP contribution is 2.33. The number of hydrogen-bond acceptors (Lipinski definition) is 2. The smallest absolute Gasteiger partial charge is 0.268 e. The Morgan fingerprint density at radius 3 is 2.59 bits per heavy atom. The number of ether oxygens (including phenoxy) is 1. The number of carbonyl (C=O) groups excluding carboxylic acids is 1. The minimum Gasteiger partial charge on any atom is -0.493 e. The third kappa shape index (κ3) is 3.25. The molecule has 5 heteroatoms. The van der Waals surface area contributed by atoms with Crippen LogP contribution < -0.4 is 4.74 Å². The Balaban J connectivity index is 3.29. The summed E-state index contributed by atoms with van der Waals surface area (Å²) in [6.07, 6.45) is -2.73. The van der Waals surface area contributed by atoms with Crippen LogP contribution in [0, 0.1) is 0 Å². The van der Waals surface area contributed by atoms with E-state index in [9.17, 15) is 13.6 Å². The van der Waals surface area contributed by atoms with Gasteiger partial charge in [0.1, 0.15) is 5.75 Å². The highest BCUT2D eigenvalue weighted by atomic mass is 79.9. The van der Waals surface area contributed by atoms with Crippen molar-refractivity contribution in [2.75, 3.05) is 6.61 Å². The molecule has 1 atom stereocenters. The Labute approximate surface area is 107 Å². The number of carbonyl (C=O) groups is 1. The molecule has 0 N–H and O–H groups in total. The van der Waals surface area contributed by atoms with E-state index >= 15 is 0 Å². The zero-order chi connectivity index (χ0) is 13.0. The van der Waals surface area contributed by atoms with Gasteiger partial charge in [-0.25, -0.2) is 8.78 Å². The van der Waals surface area contributed by atoms with Crippen LogP contribution in [0.5, 0.6) is 5.75 Å². The van der Waals surface area contributed by atoms with Crippen LogP contribution in [0.4, 0.5) is 8.78 Å². The summed E-state index contributed by atoms with van der Waals surface area (Å²) < 4.78 is 31.1. The lowest BCUT2D eigenvalue weighted by Gasteiger charge is -2.14. The van der Waals surface area contributed by atoms with Gasteiger partial charge in [-0.2, -0.15) is 0 Å². The van der Waals surface area contributed by atoms with Gasteiger partial charge in [-0.1, -0.05) is 28.1 Å². The molecule has 0 saturated heterocycles. The largest absolute Gasteiger partial charge is 0.493 e. The average Bonchev–Trinajstić information content (AvgIpc) is 2.27. The van der Waals surface area contributed by atoms with Gasteiger partial charge >= 0.3 is 0 Å². The Hall–Kier alpha value is -0.970. The molecule has 0 heterocycles. The highest BCUT2D eigenvalue weighted by Gasteiger charge is 2.24. The average molecular weight is 307 g/mol. The van der Waals surface area contributed by atoms with Crippen LogP contribution in [-0.2, 0) is 0 Å². The first kappa shape index (κ1) is 14.1. The van der Waals surface area contributed by atoms with Crippen molar-refractivity contribution in [3.05, 3.63) is 29.3 Å². The second-order valence-corrected chi connectivity index (χ2v) is 4.80. The van der Waals surface area contributed by atoms with Crippen molar-refractivity contribution >= 4 is 21.7 Å². The molecule has 1 unspecified atom stereocenters. The fraction of sp³-hybridized carbons (Fsp3) is 0.417. The minimum absolute atomic E-state index is 0.00956. The first-order valence-electron chi connectivity index (χ1n) is 5.21. The predicted octanol–water partition coefficient (Wildman–Crippen LogP) is 3.99. The van der Waals surface area contributed by atoms with Crippen molar-refractivity contribution < 1.29 is 18.3 Å². The molecular weight excluding hydrogens is 294 g/mol. The molecule has 17 heavy (non-hydrogen) atoms. The lowest BCUT2D eigenvalue weighted by molar-refractivity contribution is 0.0978. The number of halogens is 3. The summed E-state index contributed by atoms with van der Waals surface area (Å²) in [6.45, 7) is 3.59. The van der Waals surface area contributed by atoms with Gasteiger partial charge in [-0.15, -0.1) is 0 Å². The van der Waals surface area contributed by atoms with E-state index in [4.69, 9.17) is 4.74 Å². The second-order valence-electron chi connectivity index (χ2n) is 3.43. The van der Waals surface area contributed by atoms with E-state index in [1.54, 1.807) is 19.9 Å². The van der Waals surface area contributed by atoms with Gasteiger partial charge in [0.2, 0.25) is 0 Å². The van der Waals surface area contributed by atoms with Crippen molar-refractivity contribution in [1.29, 1.82) is 0 Å². The van der Waals surface area contributed by atoms with Gasteiger partial charge in [0.15, 0.2) is 5.78 Å². The molecule has 0 amide bonds. The SMILES string of the molecule is CCOc1cccc(C(=O)C(C)Br)c1C(F)F. The molecule has 0 bridgehead atoms. The van der Waals surface area contributed by atoms with Gasteiger partial charge in [0, 0.05) is 5.56 Å². The number of Topliss-reactive ketones (excluding diaryl/α,β-unsaturated/α-hetero) is 1. The van der Waals surface area contributed by atoms with Crippen molar-refractivity contribution in [1.82, 2.24) is 0 Å². The minimum atomic E-state index is -2.73. The molecule has 1 aromatic carbocycles. The number of hydrogen-bond donors (Lipinski definition) is 0. The molecule has 0 aliphatic heterocycles. The Morgan fingerprint density at radius 1 is 1.47 bits per heavy atom. The first-order chi connectivity index (χ1) is 7.99. The fourth-order valence-corrected chi connectivity index (χ4v) is 1.73. The van der Waals surface area contributed by atoms with E-state index in [1.807, 2.05) is 0 Å². The van der Waals surface area contributed by atoms with E-state index in [0.717, 1.165) is 0 Å². The zero-order valence-electron chi connectivity index (χ0n) is 9.54. The molecule has 0 spiro atoms. The molecular formula is C12H13BrF2O2. The molecule has 0 fully saturated rings. The lowest BCUT2D eigenvalue weighted by Crippen LogP contribution is -2.14. The van der Waals surface area contributed by atoms with Crippen LogP contribution in [0.2, 0.25) is 0 Å². The Bertz CT molecular complexity index is 405. The van der Waals surface area contributed by atoms with Gasteiger partial charge < -0.3 is 4.74 Å². The number of alkyl halides is 3. The topological polar surface area (TPSA) is 26.3 Å². The highest BCUT2D eigenvalue weighted by molar-refractivity contribution is 9.10. The molecule has 0 saturated carbocycles. The second kappa shape index (κ2) is 6.10. The molecule has 2 nitrogen and oxygen atoms in total. The molecule has 94 valence electrons. The third-order valence-electron chi connectivity index (χ3n) is 2.21. The quantitative estimate of drug-likeness (QED) is 0.607. The molecule has 0 aliphatic carbocycles. The van der Waals surface area contributed by atoms with Crippen LogP contribution in [0.3, 0.4) is 0 Å². The van der Waals surface area contributed by atoms with E-state index < -0.39 is 11.3 Å². The number of ketones is 1. The summed E-state index contributed by atoms with van der Waals surface area (Å²) >= 11 is 3.09. The van der Waals surface area contributed by atoms with Gasteiger partial charge in [0.05, 0.1) is 17.0 Å². The van der Waals surface area contributed by atoms with Gasteiger partial charge in [0.25, 0.3) is 6.43 Å². The summed E-state index contributed by atoms with van der Waals surface area (Å²) in [7, 11) is 0. The summed E-state index contributed by atoms with van der Waals surface area (Å²) in [4.78, 5) is 11.3. The fourth-order valence-electron chi connectivity index (χ4n) is 1.48. The maximum atomic E-state index is 13.0. The monoisotopic (exact) mass is 306 g/mol. The van der Waals surface area contributed by atoms with E-state index in [1.165, 1.54) is 12.1 Å². The van der Waals surface area contributed by atoms with Crippen LogP contribution >= 0.6 is 15.9 Å². The third-order valence-corrected chi connectivity index (χ3v) is 2.63. The molecule has 0 aromatic heterocycles. The number of benzene rings is 1. The Kier molecular flexibility index (Phi) is 5.05. The standard InChI is InChI=1S/C12H13BrF2O2/c1-3-17-9-6-4-5-8(10(9)12(14)15)11(16)7(2)13/h4-7,12H,3H2,1-2H3. The van der Waals surface area contributed by atoms with Crippen molar-refractivity contribution in [2.24, 2.45) is 0 Å². The molecule has 0 aliphatic rings. The summed E-state index contributed by atoms with van der Waals surface area (Å²) in [5.74, 6) is -0.302.